The third kappa shape index (κ3) is 5.19. The van der Waals surface area contributed by atoms with Crippen molar-refractivity contribution in [2.45, 2.75) is 20.4 Å². The summed E-state index contributed by atoms with van der Waals surface area (Å²) in [7, 11) is 0. The smallest absolute Gasteiger partial charge is 0.328 e. The largest absolute Gasteiger partial charge is 0.492 e. The molecule has 0 aliphatic rings. The third-order valence-corrected chi connectivity index (χ3v) is 4.20. The molecule has 0 unspecified atom stereocenters. The van der Waals surface area contributed by atoms with E-state index in [0.29, 0.717) is 5.69 Å². The van der Waals surface area contributed by atoms with E-state index in [2.05, 4.69) is 15.3 Å². The summed E-state index contributed by atoms with van der Waals surface area (Å²) in [5, 5.41) is 2.63. The van der Waals surface area contributed by atoms with E-state index >= 15 is 0 Å². The van der Waals surface area contributed by atoms with Crippen LogP contribution in [0.4, 0.5) is 0 Å². The van der Waals surface area contributed by atoms with Gasteiger partial charge in [0.25, 0.3) is 11.5 Å². The summed E-state index contributed by atoms with van der Waals surface area (Å²) < 4.78 is 6.59. The number of amides is 1. The number of benzene rings is 1. The second-order valence-electron chi connectivity index (χ2n) is 6.65. The SMILES string of the molecule is Cc1cc(C)cc(OCCNC(=O)c2c[nH]c(=O)n(Cc3ccccn3)c2=O)c1. The minimum atomic E-state index is -0.674. The minimum absolute atomic E-state index is 0.0219. The Morgan fingerprint density at radius 2 is 1.93 bits per heavy atom. The lowest BCUT2D eigenvalue weighted by Crippen LogP contribution is -2.41. The first-order chi connectivity index (χ1) is 13.9. The summed E-state index contributed by atoms with van der Waals surface area (Å²) >= 11 is 0. The zero-order valence-electron chi connectivity index (χ0n) is 16.3. The maximum Gasteiger partial charge on any atom is 0.328 e. The van der Waals surface area contributed by atoms with Gasteiger partial charge in [-0.3, -0.25) is 19.1 Å². The molecule has 0 saturated carbocycles. The number of H-pyrrole nitrogens is 1. The van der Waals surface area contributed by atoms with Gasteiger partial charge in [-0.2, -0.15) is 0 Å². The standard InChI is InChI=1S/C21H22N4O4/c1-14-9-15(2)11-17(10-14)29-8-7-23-19(26)18-12-24-21(28)25(20(18)27)13-16-5-3-4-6-22-16/h3-6,9-12H,7-8,13H2,1-2H3,(H,23,26)(H,24,28). The molecule has 0 aliphatic heterocycles. The van der Waals surface area contributed by atoms with E-state index < -0.39 is 17.2 Å². The minimum Gasteiger partial charge on any atom is -0.492 e. The van der Waals surface area contributed by atoms with E-state index in [1.807, 2.05) is 32.0 Å². The summed E-state index contributed by atoms with van der Waals surface area (Å²) in [6.45, 7) is 4.40. The Morgan fingerprint density at radius 3 is 2.62 bits per heavy atom. The fourth-order valence-electron chi connectivity index (χ4n) is 2.92. The Kier molecular flexibility index (Phi) is 6.23. The quantitative estimate of drug-likeness (QED) is 0.590. The Bertz CT molecular complexity index is 1100. The zero-order chi connectivity index (χ0) is 20.8. The maximum absolute atomic E-state index is 12.6. The van der Waals surface area contributed by atoms with Crippen molar-refractivity contribution < 1.29 is 9.53 Å². The van der Waals surface area contributed by atoms with Crippen molar-refractivity contribution in [2.24, 2.45) is 0 Å². The van der Waals surface area contributed by atoms with Gasteiger partial charge in [0.05, 0.1) is 18.8 Å². The van der Waals surface area contributed by atoms with Crippen LogP contribution in [0, 0.1) is 13.8 Å². The van der Waals surface area contributed by atoms with E-state index in [-0.39, 0.29) is 25.3 Å². The van der Waals surface area contributed by atoms with Gasteiger partial charge >= 0.3 is 5.69 Å². The van der Waals surface area contributed by atoms with Crippen LogP contribution >= 0.6 is 0 Å². The second-order valence-corrected chi connectivity index (χ2v) is 6.65. The van der Waals surface area contributed by atoms with Crippen molar-refractivity contribution in [2.75, 3.05) is 13.2 Å². The Balaban J connectivity index is 1.64. The summed E-state index contributed by atoms with van der Waals surface area (Å²) in [4.78, 5) is 43.5. The number of nitrogens with zero attached hydrogens (tertiary/aromatic N) is 2. The van der Waals surface area contributed by atoms with Gasteiger partial charge in [-0.15, -0.1) is 0 Å². The van der Waals surface area contributed by atoms with Crippen molar-refractivity contribution in [1.29, 1.82) is 0 Å². The monoisotopic (exact) mass is 394 g/mol. The van der Waals surface area contributed by atoms with E-state index in [4.69, 9.17) is 4.74 Å². The first-order valence-electron chi connectivity index (χ1n) is 9.16. The first-order valence-corrected chi connectivity index (χ1v) is 9.16. The molecule has 150 valence electrons. The van der Waals surface area contributed by atoms with Crippen LogP contribution in [0.15, 0.2) is 58.4 Å². The second kappa shape index (κ2) is 9.01. The lowest BCUT2D eigenvalue weighted by atomic mass is 10.1. The van der Waals surface area contributed by atoms with E-state index in [1.165, 1.54) is 0 Å². The normalized spacial score (nSPS) is 10.6. The lowest BCUT2D eigenvalue weighted by Gasteiger charge is -2.10. The van der Waals surface area contributed by atoms with Crippen molar-refractivity contribution in [1.82, 2.24) is 19.9 Å². The highest BCUT2D eigenvalue weighted by atomic mass is 16.5. The van der Waals surface area contributed by atoms with Crippen LogP contribution in [0.1, 0.15) is 27.2 Å². The Morgan fingerprint density at radius 1 is 1.17 bits per heavy atom. The van der Waals surface area contributed by atoms with Gasteiger partial charge in [-0.25, -0.2) is 4.79 Å². The number of carbonyl (C=O) groups is 1. The number of pyridine rings is 1. The predicted molar refractivity (Wildman–Crippen MR) is 108 cm³/mol. The molecule has 2 heterocycles. The van der Waals surface area contributed by atoms with Gasteiger partial charge in [0.15, 0.2) is 0 Å². The number of aryl methyl sites for hydroxylation is 2. The molecule has 0 fully saturated rings. The van der Waals surface area contributed by atoms with Crippen LogP contribution in [0.2, 0.25) is 0 Å². The molecule has 8 heteroatoms. The highest BCUT2D eigenvalue weighted by molar-refractivity contribution is 5.93. The molecule has 0 saturated heterocycles. The van der Waals surface area contributed by atoms with Gasteiger partial charge in [0.1, 0.15) is 17.9 Å². The summed E-state index contributed by atoms with van der Waals surface area (Å²) in [5.41, 5.74) is 1.30. The van der Waals surface area contributed by atoms with E-state index in [1.54, 1.807) is 24.4 Å². The number of hydrogen-bond donors (Lipinski definition) is 2. The zero-order valence-corrected chi connectivity index (χ0v) is 16.3. The van der Waals surface area contributed by atoms with Crippen molar-refractivity contribution in [3.8, 4) is 5.75 Å². The van der Waals surface area contributed by atoms with Gasteiger partial charge in [-0.1, -0.05) is 12.1 Å². The molecule has 0 atom stereocenters. The lowest BCUT2D eigenvalue weighted by molar-refractivity contribution is 0.0944. The molecule has 3 rings (SSSR count). The number of ether oxygens (including phenoxy) is 1. The first kappa shape index (κ1) is 20.1. The Labute approximate surface area is 167 Å². The molecule has 1 amide bonds. The molecule has 0 radical (unpaired) electrons. The molecule has 0 spiro atoms. The molecule has 3 aromatic rings. The van der Waals surface area contributed by atoms with E-state index in [0.717, 1.165) is 27.6 Å². The molecule has 0 bridgehead atoms. The number of aromatic amines is 1. The van der Waals surface area contributed by atoms with Crippen LogP contribution in [0.3, 0.4) is 0 Å². The maximum atomic E-state index is 12.6. The van der Waals surface area contributed by atoms with Crippen LogP contribution in [-0.2, 0) is 6.54 Å². The highest BCUT2D eigenvalue weighted by Gasteiger charge is 2.15. The summed E-state index contributed by atoms with van der Waals surface area (Å²) in [6.07, 6.45) is 2.69. The van der Waals surface area contributed by atoms with Gasteiger partial charge in [0, 0.05) is 12.4 Å². The van der Waals surface area contributed by atoms with Gasteiger partial charge < -0.3 is 15.0 Å². The molecule has 2 aromatic heterocycles. The van der Waals surface area contributed by atoms with Gasteiger partial charge in [-0.05, 0) is 49.2 Å². The molecule has 8 nitrogen and oxygen atoms in total. The van der Waals surface area contributed by atoms with Crippen LogP contribution < -0.4 is 21.3 Å². The Hall–Kier alpha value is -3.68. The predicted octanol–water partition coefficient (Wildman–Crippen LogP) is 1.41. The van der Waals surface area contributed by atoms with Crippen LogP contribution in [-0.4, -0.2) is 33.6 Å². The molecular formula is C21H22N4O4. The number of aromatic nitrogens is 3. The average Bonchev–Trinajstić information content (AvgIpc) is 2.68. The number of carbonyl (C=O) groups excluding carboxylic acids is 1. The summed E-state index contributed by atoms with van der Waals surface area (Å²) in [5.74, 6) is 0.142. The topological polar surface area (TPSA) is 106 Å². The fourth-order valence-corrected chi connectivity index (χ4v) is 2.92. The third-order valence-electron chi connectivity index (χ3n) is 4.20. The fraction of sp³-hybridized carbons (Fsp3) is 0.238. The molecule has 0 aliphatic carbocycles. The van der Waals surface area contributed by atoms with Crippen molar-refractivity contribution in [3.05, 3.63) is 92.0 Å². The van der Waals surface area contributed by atoms with E-state index in [9.17, 15) is 14.4 Å². The molecule has 29 heavy (non-hydrogen) atoms. The number of nitrogens with one attached hydrogen (secondary N) is 2. The van der Waals surface area contributed by atoms with Crippen LogP contribution in [0.25, 0.3) is 0 Å². The number of hydrogen-bond acceptors (Lipinski definition) is 5. The van der Waals surface area contributed by atoms with Crippen molar-refractivity contribution in [3.63, 3.8) is 0 Å². The van der Waals surface area contributed by atoms with Gasteiger partial charge in [0.2, 0.25) is 0 Å². The molecule has 1 aromatic carbocycles. The van der Waals surface area contributed by atoms with Crippen LogP contribution in [0.5, 0.6) is 5.75 Å². The average molecular weight is 394 g/mol. The molecular weight excluding hydrogens is 372 g/mol. The highest BCUT2D eigenvalue weighted by Crippen LogP contribution is 2.15. The number of rotatable bonds is 7. The summed E-state index contributed by atoms with van der Waals surface area (Å²) in [6, 6.07) is 11.1. The van der Waals surface area contributed by atoms with Crippen molar-refractivity contribution >= 4 is 5.91 Å². The molecule has 2 N–H and O–H groups in total.